The number of hydrogen-bond donors (Lipinski definition) is 1. The number of hydrogen-bond acceptors (Lipinski definition) is 4. The summed E-state index contributed by atoms with van der Waals surface area (Å²) >= 11 is 6.29. The van der Waals surface area contributed by atoms with E-state index in [1.807, 2.05) is 13.0 Å². The molecular formula is C13H17ClN2O2. The molecule has 0 spiro atoms. The molecule has 98 valence electrons. The Morgan fingerprint density at radius 3 is 2.56 bits per heavy atom. The normalized spacial score (nSPS) is 18.9. The van der Waals surface area contributed by atoms with Crippen LogP contribution in [0, 0.1) is 6.92 Å². The van der Waals surface area contributed by atoms with Gasteiger partial charge in [0.05, 0.1) is 5.69 Å². The number of piperazine rings is 1. The number of rotatable bonds is 1. The highest BCUT2D eigenvalue weighted by Crippen LogP contribution is 2.45. The molecule has 2 heterocycles. The number of nitrogens with zero attached hydrogens (tertiary/aromatic N) is 1. The Hall–Kier alpha value is -1.13. The molecule has 0 amide bonds. The Morgan fingerprint density at radius 1 is 1.17 bits per heavy atom. The van der Waals surface area contributed by atoms with Gasteiger partial charge in [-0.2, -0.15) is 0 Å². The molecule has 2 aliphatic rings. The average Bonchev–Trinajstić information content (AvgIpc) is 2.44. The molecule has 0 atom stereocenters. The van der Waals surface area contributed by atoms with Crippen molar-refractivity contribution in [1.82, 2.24) is 5.32 Å². The van der Waals surface area contributed by atoms with Crippen LogP contribution in [0.4, 0.5) is 5.69 Å². The first-order chi connectivity index (χ1) is 8.77. The van der Waals surface area contributed by atoms with E-state index in [1.54, 1.807) is 0 Å². The number of nitrogens with one attached hydrogen (secondary N) is 1. The molecule has 1 saturated heterocycles. The first kappa shape index (κ1) is 11.9. The summed E-state index contributed by atoms with van der Waals surface area (Å²) in [6, 6.07) is 2.00. The van der Waals surface area contributed by atoms with Crippen molar-refractivity contribution >= 4 is 17.3 Å². The molecule has 0 saturated carbocycles. The highest BCUT2D eigenvalue weighted by molar-refractivity contribution is 6.32. The first-order valence-electron chi connectivity index (χ1n) is 6.32. The lowest BCUT2D eigenvalue weighted by atomic mass is 10.1. The lowest BCUT2D eigenvalue weighted by Crippen LogP contribution is -2.43. The van der Waals surface area contributed by atoms with Crippen molar-refractivity contribution in [3.63, 3.8) is 0 Å². The molecule has 1 aromatic carbocycles. The van der Waals surface area contributed by atoms with Crippen LogP contribution in [0.5, 0.6) is 11.5 Å². The zero-order chi connectivity index (χ0) is 12.5. The van der Waals surface area contributed by atoms with Crippen molar-refractivity contribution in [2.45, 2.75) is 6.92 Å². The standard InChI is InChI=1S/C13H17ClN2O2/c1-9-10(14)8-11(16-4-2-15-3-5-16)13-12(9)17-6-7-18-13/h8,15H,2-7H2,1H3. The summed E-state index contributed by atoms with van der Waals surface area (Å²) in [6.07, 6.45) is 0. The van der Waals surface area contributed by atoms with E-state index in [-0.39, 0.29) is 0 Å². The van der Waals surface area contributed by atoms with E-state index >= 15 is 0 Å². The third-order valence-electron chi connectivity index (χ3n) is 3.43. The predicted octanol–water partition coefficient (Wildman–Crippen LogP) is 1.83. The molecule has 0 unspecified atom stereocenters. The summed E-state index contributed by atoms with van der Waals surface area (Å²) < 4.78 is 11.5. The van der Waals surface area contributed by atoms with Crippen LogP contribution in [0.2, 0.25) is 5.02 Å². The lowest BCUT2D eigenvalue weighted by molar-refractivity contribution is 0.171. The molecule has 0 aliphatic carbocycles. The van der Waals surface area contributed by atoms with Crippen LogP contribution in [0.15, 0.2) is 6.07 Å². The van der Waals surface area contributed by atoms with Crippen LogP contribution in [0.3, 0.4) is 0 Å². The summed E-state index contributed by atoms with van der Waals surface area (Å²) in [5.41, 5.74) is 2.02. The summed E-state index contributed by atoms with van der Waals surface area (Å²) in [5.74, 6) is 1.66. The van der Waals surface area contributed by atoms with Crippen molar-refractivity contribution in [3.05, 3.63) is 16.7 Å². The van der Waals surface area contributed by atoms with Crippen molar-refractivity contribution in [3.8, 4) is 11.5 Å². The number of fused-ring (bicyclic) bond motifs is 1. The van der Waals surface area contributed by atoms with E-state index in [4.69, 9.17) is 21.1 Å². The average molecular weight is 269 g/mol. The minimum Gasteiger partial charge on any atom is -0.486 e. The molecule has 2 aliphatic heterocycles. The second-order valence-electron chi connectivity index (χ2n) is 4.59. The van der Waals surface area contributed by atoms with E-state index in [1.165, 1.54) is 0 Å². The fourth-order valence-electron chi connectivity index (χ4n) is 2.43. The van der Waals surface area contributed by atoms with Crippen molar-refractivity contribution in [2.75, 3.05) is 44.3 Å². The van der Waals surface area contributed by atoms with Gasteiger partial charge in [-0.15, -0.1) is 0 Å². The zero-order valence-electron chi connectivity index (χ0n) is 10.5. The Labute approximate surface area is 112 Å². The Balaban J connectivity index is 2.05. The van der Waals surface area contributed by atoms with Gasteiger partial charge in [-0.1, -0.05) is 11.6 Å². The van der Waals surface area contributed by atoms with Crippen LogP contribution in [-0.2, 0) is 0 Å². The minimum absolute atomic E-state index is 0.592. The van der Waals surface area contributed by atoms with Crippen LogP contribution >= 0.6 is 11.6 Å². The van der Waals surface area contributed by atoms with Gasteiger partial charge in [0, 0.05) is 36.8 Å². The van der Waals surface area contributed by atoms with Gasteiger partial charge in [0.25, 0.3) is 0 Å². The Kier molecular flexibility index (Phi) is 3.22. The summed E-state index contributed by atoms with van der Waals surface area (Å²) in [7, 11) is 0. The molecule has 1 N–H and O–H groups in total. The molecule has 1 aromatic rings. The maximum absolute atomic E-state index is 6.29. The molecule has 0 bridgehead atoms. The topological polar surface area (TPSA) is 33.7 Å². The quantitative estimate of drug-likeness (QED) is 0.843. The van der Waals surface area contributed by atoms with Crippen LogP contribution in [0.1, 0.15) is 5.56 Å². The second-order valence-corrected chi connectivity index (χ2v) is 5.00. The number of anilines is 1. The fourth-order valence-corrected chi connectivity index (χ4v) is 2.62. The lowest BCUT2D eigenvalue weighted by Gasteiger charge is -2.33. The molecule has 4 nitrogen and oxygen atoms in total. The molecule has 1 fully saturated rings. The van der Waals surface area contributed by atoms with Crippen molar-refractivity contribution in [2.24, 2.45) is 0 Å². The van der Waals surface area contributed by atoms with Crippen LogP contribution < -0.4 is 19.7 Å². The fraction of sp³-hybridized carbons (Fsp3) is 0.538. The maximum atomic E-state index is 6.29. The van der Waals surface area contributed by atoms with Crippen molar-refractivity contribution in [1.29, 1.82) is 0 Å². The monoisotopic (exact) mass is 268 g/mol. The number of benzene rings is 1. The van der Waals surface area contributed by atoms with Gasteiger partial charge < -0.3 is 19.7 Å². The summed E-state index contributed by atoms with van der Waals surface area (Å²) in [5, 5.41) is 4.09. The van der Waals surface area contributed by atoms with Crippen molar-refractivity contribution < 1.29 is 9.47 Å². The van der Waals surface area contributed by atoms with Gasteiger partial charge in [-0.3, -0.25) is 0 Å². The van der Waals surface area contributed by atoms with E-state index in [0.29, 0.717) is 13.2 Å². The van der Waals surface area contributed by atoms with Crippen LogP contribution in [-0.4, -0.2) is 39.4 Å². The highest BCUT2D eigenvalue weighted by Gasteiger charge is 2.24. The van der Waals surface area contributed by atoms with E-state index < -0.39 is 0 Å². The third-order valence-corrected chi connectivity index (χ3v) is 3.83. The zero-order valence-corrected chi connectivity index (χ0v) is 11.2. The van der Waals surface area contributed by atoms with E-state index in [2.05, 4.69) is 10.2 Å². The molecule has 3 rings (SSSR count). The minimum atomic E-state index is 0.592. The van der Waals surface area contributed by atoms with E-state index in [0.717, 1.165) is 54.0 Å². The third kappa shape index (κ3) is 1.99. The first-order valence-corrected chi connectivity index (χ1v) is 6.69. The van der Waals surface area contributed by atoms with Gasteiger partial charge in [0.15, 0.2) is 11.5 Å². The number of halogens is 1. The molecule has 5 heteroatoms. The van der Waals surface area contributed by atoms with Gasteiger partial charge >= 0.3 is 0 Å². The second kappa shape index (κ2) is 4.86. The van der Waals surface area contributed by atoms with E-state index in [9.17, 15) is 0 Å². The van der Waals surface area contributed by atoms with Gasteiger partial charge in [-0.05, 0) is 13.0 Å². The van der Waals surface area contributed by atoms with Gasteiger partial charge in [0.1, 0.15) is 13.2 Å². The largest absolute Gasteiger partial charge is 0.486 e. The summed E-state index contributed by atoms with van der Waals surface area (Å²) in [6.45, 7) is 7.08. The Bertz CT molecular complexity index is 459. The summed E-state index contributed by atoms with van der Waals surface area (Å²) in [4.78, 5) is 2.30. The highest BCUT2D eigenvalue weighted by atomic mass is 35.5. The molecular weight excluding hydrogens is 252 g/mol. The smallest absolute Gasteiger partial charge is 0.185 e. The molecule has 0 aromatic heterocycles. The van der Waals surface area contributed by atoms with Gasteiger partial charge in [0.2, 0.25) is 0 Å². The maximum Gasteiger partial charge on any atom is 0.185 e. The SMILES string of the molecule is Cc1c(Cl)cc(N2CCNCC2)c2c1OCCO2. The Morgan fingerprint density at radius 2 is 1.83 bits per heavy atom. The molecule has 0 radical (unpaired) electrons. The number of ether oxygens (including phenoxy) is 2. The predicted molar refractivity (Wildman–Crippen MR) is 72.3 cm³/mol. The molecule has 18 heavy (non-hydrogen) atoms. The van der Waals surface area contributed by atoms with Gasteiger partial charge in [-0.25, -0.2) is 0 Å². The van der Waals surface area contributed by atoms with Crippen LogP contribution in [0.25, 0.3) is 0 Å².